The van der Waals surface area contributed by atoms with Gasteiger partial charge in [-0.25, -0.2) is 0 Å². The van der Waals surface area contributed by atoms with Crippen LogP contribution in [0.15, 0.2) is 24.3 Å². The van der Waals surface area contributed by atoms with Gasteiger partial charge in [0.25, 0.3) is 0 Å². The molecule has 0 aliphatic heterocycles. The van der Waals surface area contributed by atoms with E-state index in [0.717, 1.165) is 23.3 Å². The van der Waals surface area contributed by atoms with Gasteiger partial charge < -0.3 is 0 Å². The smallest absolute Gasteiger partial charge is 0.0669 e. The van der Waals surface area contributed by atoms with E-state index in [1.165, 1.54) is 63.4 Å². The summed E-state index contributed by atoms with van der Waals surface area (Å²) >= 11 is 0. The second-order valence-corrected chi connectivity index (χ2v) is 7.51. The summed E-state index contributed by atoms with van der Waals surface area (Å²) in [7, 11) is 0. The molecule has 1 atom stereocenters. The van der Waals surface area contributed by atoms with Gasteiger partial charge in [0.15, 0.2) is 0 Å². The Hall–Kier alpha value is -1.29. The van der Waals surface area contributed by atoms with Crippen molar-refractivity contribution in [3.05, 3.63) is 35.4 Å². The van der Waals surface area contributed by atoms with Crippen molar-refractivity contribution >= 4 is 0 Å². The Balaban J connectivity index is 1.75. The van der Waals surface area contributed by atoms with Crippen LogP contribution in [-0.2, 0) is 6.42 Å². The van der Waals surface area contributed by atoms with Crippen molar-refractivity contribution in [1.29, 1.82) is 5.26 Å². The predicted octanol–water partition coefficient (Wildman–Crippen LogP) is 6.63. The van der Waals surface area contributed by atoms with Crippen molar-refractivity contribution < 1.29 is 0 Å². The molecule has 1 aromatic carbocycles. The molecule has 1 aliphatic rings. The fourth-order valence-corrected chi connectivity index (χ4v) is 4.15. The van der Waals surface area contributed by atoms with E-state index in [-0.39, 0.29) is 0 Å². The molecule has 23 heavy (non-hydrogen) atoms. The van der Waals surface area contributed by atoms with Gasteiger partial charge in [0.1, 0.15) is 0 Å². The lowest BCUT2D eigenvalue weighted by Crippen LogP contribution is -2.19. The van der Waals surface area contributed by atoms with E-state index in [2.05, 4.69) is 44.2 Å². The van der Waals surface area contributed by atoms with Crippen molar-refractivity contribution in [2.24, 2.45) is 11.8 Å². The first-order chi connectivity index (χ1) is 11.2. The molecule has 0 amide bonds. The minimum Gasteiger partial charge on any atom is -0.198 e. The van der Waals surface area contributed by atoms with Crippen LogP contribution in [0.2, 0.25) is 0 Å². The Bertz CT molecular complexity index is 474. The number of benzene rings is 1. The quantitative estimate of drug-likeness (QED) is 0.494. The number of nitrogens with zero attached hydrogens (tertiary/aromatic N) is 1. The van der Waals surface area contributed by atoms with Crippen LogP contribution in [0, 0.1) is 23.2 Å². The predicted molar refractivity (Wildman–Crippen MR) is 98.4 cm³/mol. The van der Waals surface area contributed by atoms with Gasteiger partial charge in [-0.15, -0.1) is 0 Å². The number of unbranched alkanes of at least 4 members (excludes halogenated alkanes) is 3. The molecule has 1 fully saturated rings. The monoisotopic (exact) mass is 311 g/mol. The molecular weight excluding hydrogens is 278 g/mol. The molecule has 0 bridgehead atoms. The third-order valence-electron chi connectivity index (χ3n) is 5.82. The number of hydrogen-bond donors (Lipinski definition) is 0. The summed E-state index contributed by atoms with van der Waals surface area (Å²) in [5.41, 5.74) is 2.63. The Labute approximate surface area is 143 Å². The molecule has 1 nitrogen and oxygen atoms in total. The van der Waals surface area contributed by atoms with Gasteiger partial charge in [-0.3, -0.25) is 0 Å². The minimum atomic E-state index is 0.530. The van der Waals surface area contributed by atoms with Gasteiger partial charge >= 0.3 is 0 Å². The van der Waals surface area contributed by atoms with Gasteiger partial charge in [-0.2, -0.15) is 5.26 Å². The van der Waals surface area contributed by atoms with E-state index in [9.17, 15) is 0 Å². The van der Waals surface area contributed by atoms with Gasteiger partial charge in [0.05, 0.1) is 12.5 Å². The van der Waals surface area contributed by atoms with Crippen molar-refractivity contribution in [2.75, 3.05) is 0 Å². The van der Waals surface area contributed by atoms with Crippen LogP contribution in [0.5, 0.6) is 0 Å². The summed E-state index contributed by atoms with van der Waals surface area (Å²) in [6.45, 7) is 4.77. The highest BCUT2D eigenvalue weighted by atomic mass is 14.3. The lowest BCUT2D eigenvalue weighted by atomic mass is 9.73. The second-order valence-electron chi connectivity index (χ2n) is 7.51. The molecule has 126 valence electrons. The van der Waals surface area contributed by atoms with E-state index >= 15 is 0 Å². The lowest BCUT2D eigenvalue weighted by molar-refractivity contribution is 0.231. The Morgan fingerprint density at radius 3 is 2.35 bits per heavy atom. The van der Waals surface area contributed by atoms with E-state index in [0.29, 0.717) is 6.42 Å². The SMILES string of the molecule is CCCCCCC(C)[C@H]1CC[C@H](c2ccc(CC#N)cc2)CC1. The summed E-state index contributed by atoms with van der Waals surface area (Å²) in [6, 6.07) is 11.0. The van der Waals surface area contributed by atoms with Crippen LogP contribution in [-0.4, -0.2) is 0 Å². The molecule has 1 saturated carbocycles. The Kier molecular flexibility index (Phi) is 7.66. The first-order valence-electron chi connectivity index (χ1n) is 9.70. The van der Waals surface area contributed by atoms with E-state index in [4.69, 9.17) is 5.26 Å². The average Bonchev–Trinajstić information content (AvgIpc) is 2.60. The molecule has 0 saturated heterocycles. The zero-order valence-corrected chi connectivity index (χ0v) is 15.1. The van der Waals surface area contributed by atoms with Gasteiger partial charge in [-0.05, 0) is 54.6 Å². The summed E-state index contributed by atoms with van der Waals surface area (Å²) in [6.07, 6.45) is 13.1. The van der Waals surface area contributed by atoms with Crippen LogP contribution >= 0.6 is 0 Å². The normalized spacial score (nSPS) is 22.5. The van der Waals surface area contributed by atoms with Crippen LogP contribution in [0.25, 0.3) is 0 Å². The van der Waals surface area contributed by atoms with Gasteiger partial charge in [-0.1, -0.05) is 70.2 Å². The molecule has 1 aliphatic carbocycles. The zero-order chi connectivity index (χ0) is 16.5. The Morgan fingerprint density at radius 1 is 1.04 bits per heavy atom. The molecule has 0 spiro atoms. The molecule has 2 rings (SSSR count). The zero-order valence-electron chi connectivity index (χ0n) is 15.1. The minimum absolute atomic E-state index is 0.530. The molecule has 0 N–H and O–H groups in total. The average molecular weight is 312 g/mol. The van der Waals surface area contributed by atoms with E-state index in [1.54, 1.807) is 0 Å². The van der Waals surface area contributed by atoms with Crippen LogP contribution in [0.4, 0.5) is 0 Å². The third-order valence-corrected chi connectivity index (χ3v) is 5.82. The number of nitriles is 1. The maximum Gasteiger partial charge on any atom is 0.0669 e. The van der Waals surface area contributed by atoms with Gasteiger partial charge in [0.2, 0.25) is 0 Å². The molecular formula is C22H33N. The highest BCUT2D eigenvalue weighted by Gasteiger charge is 2.25. The summed E-state index contributed by atoms with van der Waals surface area (Å²) < 4.78 is 0. The van der Waals surface area contributed by atoms with Gasteiger partial charge in [0, 0.05) is 0 Å². The number of rotatable bonds is 8. The third kappa shape index (κ3) is 5.69. The second kappa shape index (κ2) is 9.76. The van der Waals surface area contributed by atoms with Crippen molar-refractivity contribution in [1.82, 2.24) is 0 Å². The topological polar surface area (TPSA) is 23.8 Å². The van der Waals surface area contributed by atoms with Crippen LogP contribution in [0.3, 0.4) is 0 Å². The first-order valence-corrected chi connectivity index (χ1v) is 9.70. The Morgan fingerprint density at radius 2 is 1.74 bits per heavy atom. The molecule has 0 radical (unpaired) electrons. The van der Waals surface area contributed by atoms with E-state index < -0.39 is 0 Å². The summed E-state index contributed by atoms with van der Waals surface area (Å²) in [5, 5.41) is 8.76. The van der Waals surface area contributed by atoms with Crippen molar-refractivity contribution in [3.8, 4) is 6.07 Å². The number of hydrogen-bond acceptors (Lipinski definition) is 1. The van der Waals surface area contributed by atoms with Crippen molar-refractivity contribution in [3.63, 3.8) is 0 Å². The van der Waals surface area contributed by atoms with Crippen LogP contribution < -0.4 is 0 Å². The van der Waals surface area contributed by atoms with Crippen molar-refractivity contribution in [2.45, 2.75) is 84.0 Å². The standard InChI is InChI=1S/C22H33N/c1-3-4-5-6-7-18(2)20-12-14-22(15-13-20)21-10-8-19(9-11-21)16-17-23/h8-11,18,20,22H,3-7,12-16H2,1-2H3/t18?,20-,22-. The lowest BCUT2D eigenvalue weighted by Gasteiger charge is -2.32. The highest BCUT2D eigenvalue weighted by molar-refractivity contribution is 5.27. The molecule has 1 heteroatoms. The van der Waals surface area contributed by atoms with Crippen LogP contribution in [0.1, 0.15) is 88.7 Å². The largest absolute Gasteiger partial charge is 0.198 e. The summed E-state index contributed by atoms with van der Waals surface area (Å²) in [5.74, 6) is 2.60. The first kappa shape index (κ1) is 18.1. The highest BCUT2D eigenvalue weighted by Crippen LogP contribution is 2.40. The fourth-order valence-electron chi connectivity index (χ4n) is 4.15. The fraction of sp³-hybridized carbons (Fsp3) is 0.682. The molecule has 1 unspecified atom stereocenters. The maximum atomic E-state index is 8.76. The summed E-state index contributed by atoms with van der Waals surface area (Å²) in [4.78, 5) is 0. The molecule has 0 aromatic heterocycles. The maximum absolute atomic E-state index is 8.76. The molecule has 0 heterocycles. The van der Waals surface area contributed by atoms with E-state index in [1.807, 2.05) is 0 Å². The molecule has 1 aromatic rings.